The molecule has 0 bridgehead atoms. The summed E-state index contributed by atoms with van der Waals surface area (Å²) in [5.41, 5.74) is 4.44. The molecule has 0 unspecified atom stereocenters. The summed E-state index contributed by atoms with van der Waals surface area (Å²) in [6, 6.07) is 17.0. The van der Waals surface area contributed by atoms with Crippen LogP contribution in [0.25, 0.3) is 0 Å². The van der Waals surface area contributed by atoms with Gasteiger partial charge in [-0.2, -0.15) is 0 Å². The zero-order valence-corrected chi connectivity index (χ0v) is 19.8. The average molecular weight is 449 g/mol. The van der Waals surface area contributed by atoms with E-state index in [1.54, 1.807) is 0 Å². The largest absolute Gasteiger partial charge is 0.325 e. The molecule has 6 heteroatoms. The van der Waals surface area contributed by atoms with Gasteiger partial charge in [-0.3, -0.25) is 4.79 Å². The number of rotatable bonds is 8. The summed E-state index contributed by atoms with van der Waals surface area (Å²) in [5.74, 6) is 1.33. The highest BCUT2D eigenvalue weighted by molar-refractivity contribution is 7.99. The van der Waals surface area contributed by atoms with E-state index >= 15 is 0 Å². The van der Waals surface area contributed by atoms with E-state index in [0.29, 0.717) is 11.8 Å². The number of anilines is 1. The lowest BCUT2D eigenvalue weighted by molar-refractivity contribution is -0.113. The van der Waals surface area contributed by atoms with Gasteiger partial charge in [-0.05, 0) is 42.9 Å². The van der Waals surface area contributed by atoms with Crippen LogP contribution >= 0.6 is 11.8 Å². The van der Waals surface area contributed by atoms with Crippen LogP contribution in [0.3, 0.4) is 0 Å². The lowest BCUT2D eigenvalue weighted by Crippen LogP contribution is -2.19. The standard InChI is InChI=1S/C26H32N4OS/c1-3-21-14-10-11-19(2)25(21)27-24(31)18-32-26-29-28-23(17-20-12-6-4-7-13-20)30(26)22-15-8-5-9-16-22/h4,6-7,10-14,22H,3,5,8-9,15-18H2,1-2H3,(H,27,31). The fourth-order valence-corrected chi connectivity index (χ4v) is 5.34. The van der Waals surface area contributed by atoms with Crippen LogP contribution in [0, 0.1) is 6.92 Å². The Kier molecular flexibility index (Phi) is 7.63. The number of amides is 1. The van der Waals surface area contributed by atoms with Crippen LogP contribution in [-0.2, 0) is 17.6 Å². The van der Waals surface area contributed by atoms with E-state index in [9.17, 15) is 4.79 Å². The summed E-state index contributed by atoms with van der Waals surface area (Å²) in [7, 11) is 0. The summed E-state index contributed by atoms with van der Waals surface area (Å²) in [5, 5.41) is 13.1. The Morgan fingerprint density at radius 2 is 1.84 bits per heavy atom. The van der Waals surface area contributed by atoms with Crippen molar-refractivity contribution in [1.29, 1.82) is 0 Å². The Hall–Kier alpha value is -2.60. The fourth-order valence-electron chi connectivity index (χ4n) is 4.52. The first kappa shape index (κ1) is 22.6. The third-order valence-electron chi connectivity index (χ3n) is 6.22. The van der Waals surface area contributed by atoms with E-state index in [2.05, 4.69) is 57.3 Å². The Morgan fingerprint density at radius 1 is 1.06 bits per heavy atom. The topological polar surface area (TPSA) is 59.8 Å². The van der Waals surface area contributed by atoms with Crippen molar-refractivity contribution in [3.05, 3.63) is 71.0 Å². The molecule has 0 aliphatic heterocycles. The van der Waals surface area contributed by atoms with E-state index < -0.39 is 0 Å². The molecule has 1 heterocycles. The molecule has 1 amide bonds. The van der Waals surface area contributed by atoms with Crippen molar-refractivity contribution in [3.8, 4) is 0 Å². The first-order valence-corrected chi connectivity index (χ1v) is 12.6. The number of carbonyl (C=O) groups excluding carboxylic acids is 1. The minimum Gasteiger partial charge on any atom is -0.325 e. The SMILES string of the molecule is CCc1cccc(C)c1NC(=O)CSc1nnc(Cc2ccccc2)n1C1CCCCC1. The average Bonchev–Trinajstić information content (AvgIpc) is 3.22. The van der Waals surface area contributed by atoms with Crippen LogP contribution in [0.5, 0.6) is 0 Å². The minimum atomic E-state index is 0.00167. The van der Waals surface area contributed by atoms with E-state index in [0.717, 1.165) is 47.9 Å². The zero-order valence-electron chi connectivity index (χ0n) is 19.0. The van der Waals surface area contributed by atoms with Crippen molar-refractivity contribution in [2.24, 2.45) is 0 Å². The van der Waals surface area contributed by atoms with Crippen molar-refractivity contribution in [1.82, 2.24) is 14.8 Å². The molecule has 1 saturated carbocycles. The molecule has 2 aromatic carbocycles. The lowest BCUT2D eigenvalue weighted by atomic mass is 9.95. The molecule has 168 valence electrons. The molecule has 5 nitrogen and oxygen atoms in total. The smallest absolute Gasteiger partial charge is 0.234 e. The maximum atomic E-state index is 12.8. The normalized spacial score (nSPS) is 14.4. The summed E-state index contributed by atoms with van der Waals surface area (Å²) >= 11 is 1.50. The molecule has 1 fully saturated rings. The summed E-state index contributed by atoms with van der Waals surface area (Å²) in [4.78, 5) is 12.8. The number of hydrogen-bond acceptors (Lipinski definition) is 4. The summed E-state index contributed by atoms with van der Waals surface area (Å²) in [6.07, 6.45) is 7.75. The molecule has 32 heavy (non-hydrogen) atoms. The molecule has 0 saturated heterocycles. The maximum absolute atomic E-state index is 12.8. The number of hydrogen-bond donors (Lipinski definition) is 1. The van der Waals surface area contributed by atoms with Gasteiger partial charge in [0.2, 0.25) is 5.91 Å². The van der Waals surface area contributed by atoms with Crippen LogP contribution in [0.4, 0.5) is 5.69 Å². The number of aryl methyl sites for hydroxylation is 2. The van der Waals surface area contributed by atoms with Gasteiger partial charge >= 0.3 is 0 Å². The third kappa shape index (κ3) is 5.41. The first-order valence-electron chi connectivity index (χ1n) is 11.6. The Morgan fingerprint density at radius 3 is 2.59 bits per heavy atom. The second-order valence-electron chi connectivity index (χ2n) is 8.52. The number of para-hydroxylation sites is 1. The number of thioether (sulfide) groups is 1. The molecule has 3 aromatic rings. The lowest BCUT2D eigenvalue weighted by Gasteiger charge is -2.25. The van der Waals surface area contributed by atoms with Gasteiger partial charge < -0.3 is 9.88 Å². The molecule has 1 aliphatic rings. The van der Waals surface area contributed by atoms with Crippen LogP contribution in [0.15, 0.2) is 53.7 Å². The highest BCUT2D eigenvalue weighted by atomic mass is 32.2. The number of carbonyl (C=O) groups is 1. The van der Waals surface area contributed by atoms with Crippen molar-refractivity contribution in [2.45, 2.75) is 70.0 Å². The minimum absolute atomic E-state index is 0.00167. The third-order valence-corrected chi connectivity index (χ3v) is 7.16. The number of nitrogens with one attached hydrogen (secondary N) is 1. The van der Waals surface area contributed by atoms with E-state index in [1.807, 2.05) is 25.1 Å². The Bertz CT molecular complexity index is 1040. The van der Waals surface area contributed by atoms with Gasteiger partial charge in [0.15, 0.2) is 5.16 Å². The quantitative estimate of drug-likeness (QED) is 0.431. The molecule has 1 N–H and O–H groups in total. The van der Waals surface area contributed by atoms with Crippen LogP contribution in [0.1, 0.15) is 67.6 Å². The van der Waals surface area contributed by atoms with E-state index in [1.165, 1.54) is 42.2 Å². The van der Waals surface area contributed by atoms with Gasteiger partial charge in [-0.25, -0.2) is 0 Å². The zero-order chi connectivity index (χ0) is 22.3. The molecule has 0 radical (unpaired) electrons. The van der Waals surface area contributed by atoms with Crippen molar-refractivity contribution < 1.29 is 4.79 Å². The second kappa shape index (κ2) is 10.8. The fraction of sp³-hybridized carbons (Fsp3) is 0.423. The number of nitrogens with zero attached hydrogens (tertiary/aromatic N) is 3. The molecule has 1 aliphatic carbocycles. The molecule has 1 aromatic heterocycles. The highest BCUT2D eigenvalue weighted by Crippen LogP contribution is 2.33. The number of benzene rings is 2. The van der Waals surface area contributed by atoms with Crippen molar-refractivity contribution in [3.63, 3.8) is 0 Å². The van der Waals surface area contributed by atoms with E-state index in [-0.39, 0.29) is 5.91 Å². The van der Waals surface area contributed by atoms with Gasteiger partial charge in [-0.15, -0.1) is 10.2 Å². The highest BCUT2D eigenvalue weighted by Gasteiger charge is 2.23. The molecule has 0 atom stereocenters. The van der Waals surface area contributed by atoms with Crippen LogP contribution in [-0.4, -0.2) is 26.4 Å². The number of aromatic nitrogens is 3. The van der Waals surface area contributed by atoms with E-state index in [4.69, 9.17) is 0 Å². The monoisotopic (exact) mass is 448 g/mol. The van der Waals surface area contributed by atoms with Crippen molar-refractivity contribution >= 4 is 23.4 Å². The Labute approximate surface area is 195 Å². The van der Waals surface area contributed by atoms with Gasteiger partial charge in [-0.1, -0.05) is 86.5 Å². The first-order chi connectivity index (χ1) is 15.7. The molecular weight excluding hydrogens is 416 g/mol. The van der Waals surface area contributed by atoms with Crippen molar-refractivity contribution in [2.75, 3.05) is 11.1 Å². The predicted octanol–water partition coefficient (Wildman–Crippen LogP) is 5.98. The second-order valence-corrected chi connectivity index (χ2v) is 9.46. The Balaban J connectivity index is 1.50. The predicted molar refractivity (Wildman–Crippen MR) is 131 cm³/mol. The van der Waals surface area contributed by atoms with Gasteiger partial charge in [0, 0.05) is 18.2 Å². The van der Waals surface area contributed by atoms with Crippen LogP contribution in [0.2, 0.25) is 0 Å². The van der Waals surface area contributed by atoms with Gasteiger partial charge in [0.05, 0.1) is 5.75 Å². The van der Waals surface area contributed by atoms with Gasteiger partial charge in [0.1, 0.15) is 5.82 Å². The molecule has 4 rings (SSSR count). The van der Waals surface area contributed by atoms with Gasteiger partial charge in [0.25, 0.3) is 0 Å². The molecular formula is C26H32N4OS. The summed E-state index contributed by atoms with van der Waals surface area (Å²) in [6.45, 7) is 4.15. The molecule has 0 spiro atoms. The summed E-state index contributed by atoms with van der Waals surface area (Å²) < 4.78 is 2.31. The maximum Gasteiger partial charge on any atom is 0.234 e. The van der Waals surface area contributed by atoms with Crippen LogP contribution < -0.4 is 5.32 Å².